The van der Waals surface area contributed by atoms with E-state index in [2.05, 4.69) is 4.74 Å². The van der Waals surface area contributed by atoms with E-state index < -0.39 is 30.1 Å². The zero-order valence-corrected chi connectivity index (χ0v) is 6.01. The maximum Gasteiger partial charge on any atom is 0.335 e. The summed E-state index contributed by atoms with van der Waals surface area (Å²) in [6.07, 6.45) is -3.48. The lowest BCUT2D eigenvalue weighted by atomic mass is 10.0. The van der Waals surface area contributed by atoms with E-state index >= 15 is 0 Å². The van der Waals surface area contributed by atoms with E-state index in [1.54, 1.807) is 0 Å². The van der Waals surface area contributed by atoms with E-state index in [0.29, 0.717) is 0 Å². The van der Waals surface area contributed by atoms with Crippen molar-refractivity contribution in [2.75, 3.05) is 6.61 Å². The SMILES string of the molecule is O=C(O)C1OCC2OC2(O)C1O. The van der Waals surface area contributed by atoms with Gasteiger partial charge in [0.1, 0.15) is 12.2 Å². The van der Waals surface area contributed by atoms with Crippen LogP contribution in [0.3, 0.4) is 0 Å². The van der Waals surface area contributed by atoms with Crippen LogP contribution in [0.4, 0.5) is 0 Å². The fourth-order valence-electron chi connectivity index (χ4n) is 1.31. The molecule has 2 saturated heterocycles. The lowest BCUT2D eigenvalue weighted by Gasteiger charge is -2.25. The lowest BCUT2D eigenvalue weighted by molar-refractivity contribution is -0.182. The Labute approximate surface area is 67.3 Å². The summed E-state index contributed by atoms with van der Waals surface area (Å²) in [5.74, 6) is -2.99. The van der Waals surface area contributed by atoms with Crippen LogP contribution >= 0.6 is 0 Å². The predicted molar refractivity (Wildman–Crippen MR) is 33.2 cm³/mol. The van der Waals surface area contributed by atoms with Crippen LogP contribution in [0, 0.1) is 0 Å². The highest BCUT2D eigenvalue weighted by Crippen LogP contribution is 2.42. The van der Waals surface area contributed by atoms with Crippen molar-refractivity contribution >= 4 is 5.97 Å². The minimum atomic E-state index is -1.69. The van der Waals surface area contributed by atoms with Crippen LogP contribution in [0.2, 0.25) is 0 Å². The monoisotopic (exact) mass is 176 g/mol. The molecule has 2 heterocycles. The smallest absolute Gasteiger partial charge is 0.335 e. The largest absolute Gasteiger partial charge is 0.479 e. The molecular weight excluding hydrogens is 168 g/mol. The summed E-state index contributed by atoms with van der Waals surface area (Å²) >= 11 is 0. The van der Waals surface area contributed by atoms with Crippen molar-refractivity contribution in [2.45, 2.75) is 24.1 Å². The van der Waals surface area contributed by atoms with Crippen molar-refractivity contribution in [1.29, 1.82) is 0 Å². The topological polar surface area (TPSA) is 99.5 Å². The number of hydrogen-bond donors (Lipinski definition) is 3. The van der Waals surface area contributed by atoms with E-state index in [9.17, 15) is 15.0 Å². The van der Waals surface area contributed by atoms with Gasteiger partial charge in [-0.1, -0.05) is 0 Å². The van der Waals surface area contributed by atoms with Crippen LogP contribution in [0.15, 0.2) is 0 Å². The number of carboxylic acid groups (broad SMARTS) is 1. The summed E-state index contributed by atoms with van der Waals surface area (Å²) in [5, 5.41) is 27.1. The molecule has 0 spiro atoms. The maximum absolute atomic E-state index is 10.4. The van der Waals surface area contributed by atoms with E-state index in [1.165, 1.54) is 0 Å². The molecule has 2 aliphatic rings. The second-order valence-electron chi connectivity index (χ2n) is 2.90. The molecule has 12 heavy (non-hydrogen) atoms. The molecule has 0 saturated carbocycles. The number of aliphatic hydroxyl groups excluding tert-OH is 1. The molecule has 3 N–H and O–H groups in total. The first-order valence-corrected chi connectivity index (χ1v) is 3.48. The quantitative estimate of drug-likeness (QED) is 0.396. The number of carboxylic acids is 1. The Balaban J connectivity index is 2.14. The van der Waals surface area contributed by atoms with Crippen LogP contribution in [-0.2, 0) is 14.3 Å². The molecule has 0 aromatic rings. The third kappa shape index (κ3) is 0.862. The van der Waals surface area contributed by atoms with Crippen LogP contribution in [0.1, 0.15) is 0 Å². The maximum atomic E-state index is 10.4. The Bertz CT molecular complexity index is 228. The van der Waals surface area contributed by atoms with Gasteiger partial charge < -0.3 is 24.8 Å². The standard InChI is InChI=1S/C6H8O6/c7-4-3(5(8)9)11-1-2-6(4,10)12-2/h2-4,7,10H,1H2,(H,8,9). The number of aliphatic carboxylic acids is 1. The van der Waals surface area contributed by atoms with Gasteiger partial charge in [0.15, 0.2) is 6.10 Å². The van der Waals surface area contributed by atoms with Gasteiger partial charge in [0.05, 0.1) is 6.61 Å². The van der Waals surface area contributed by atoms with Crippen molar-refractivity contribution in [3.8, 4) is 0 Å². The van der Waals surface area contributed by atoms with Gasteiger partial charge in [0.2, 0.25) is 5.79 Å². The Morgan fingerprint density at radius 3 is 2.83 bits per heavy atom. The lowest BCUT2D eigenvalue weighted by Crippen LogP contribution is -2.51. The minimum Gasteiger partial charge on any atom is -0.479 e. The Kier molecular flexibility index (Phi) is 1.43. The molecule has 0 radical (unpaired) electrons. The summed E-state index contributed by atoms with van der Waals surface area (Å²) in [6, 6.07) is 0. The van der Waals surface area contributed by atoms with Crippen molar-refractivity contribution in [1.82, 2.24) is 0 Å². The number of hydrogen-bond acceptors (Lipinski definition) is 5. The molecular formula is C6H8O6. The molecule has 4 unspecified atom stereocenters. The molecule has 4 atom stereocenters. The van der Waals surface area contributed by atoms with Gasteiger partial charge in [-0.2, -0.15) is 0 Å². The first-order valence-electron chi connectivity index (χ1n) is 3.48. The van der Waals surface area contributed by atoms with Gasteiger partial charge in [0.25, 0.3) is 0 Å². The Morgan fingerprint density at radius 2 is 2.25 bits per heavy atom. The number of aliphatic hydroxyl groups is 2. The average molecular weight is 176 g/mol. The van der Waals surface area contributed by atoms with Gasteiger partial charge in [-0.05, 0) is 0 Å². The van der Waals surface area contributed by atoms with Gasteiger partial charge in [-0.3, -0.25) is 0 Å². The second-order valence-corrected chi connectivity index (χ2v) is 2.90. The molecule has 2 rings (SSSR count). The highest BCUT2D eigenvalue weighted by molar-refractivity contribution is 5.73. The van der Waals surface area contributed by atoms with Crippen molar-refractivity contribution < 1.29 is 29.6 Å². The minimum absolute atomic E-state index is 0.00449. The second kappa shape index (κ2) is 2.17. The summed E-state index contributed by atoms with van der Waals surface area (Å²) in [5.41, 5.74) is 0. The van der Waals surface area contributed by atoms with Gasteiger partial charge in [-0.15, -0.1) is 0 Å². The highest BCUT2D eigenvalue weighted by atomic mass is 16.8. The average Bonchev–Trinajstić information content (AvgIpc) is 2.63. The van der Waals surface area contributed by atoms with Gasteiger partial charge in [0, 0.05) is 0 Å². The molecule has 0 aromatic carbocycles. The summed E-state index contributed by atoms with van der Waals surface area (Å²) in [4.78, 5) is 10.4. The summed E-state index contributed by atoms with van der Waals surface area (Å²) < 4.78 is 9.41. The number of carbonyl (C=O) groups is 1. The molecule has 0 bridgehead atoms. The van der Waals surface area contributed by atoms with E-state index in [-0.39, 0.29) is 6.61 Å². The molecule has 0 aromatic heterocycles. The van der Waals surface area contributed by atoms with Crippen molar-refractivity contribution in [3.63, 3.8) is 0 Å². The van der Waals surface area contributed by atoms with E-state index in [4.69, 9.17) is 9.84 Å². The number of ether oxygens (including phenoxy) is 2. The first-order chi connectivity index (χ1) is 5.55. The normalized spacial score (nSPS) is 51.3. The fraction of sp³-hybridized carbons (Fsp3) is 0.833. The van der Waals surface area contributed by atoms with Crippen LogP contribution in [-0.4, -0.2) is 52.0 Å². The molecule has 0 amide bonds. The number of rotatable bonds is 1. The Morgan fingerprint density at radius 1 is 1.58 bits per heavy atom. The Hall–Kier alpha value is -0.690. The van der Waals surface area contributed by atoms with Gasteiger partial charge in [-0.25, -0.2) is 4.79 Å². The number of fused-ring (bicyclic) bond motifs is 1. The molecule has 0 aliphatic carbocycles. The van der Waals surface area contributed by atoms with Crippen molar-refractivity contribution in [3.05, 3.63) is 0 Å². The zero-order chi connectivity index (χ0) is 8.93. The predicted octanol–water partition coefficient (Wildman–Crippen LogP) is -2.08. The number of epoxide rings is 1. The molecule has 2 aliphatic heterocycles. The summed E-state index contributed by atoms with van der Waals surface area (Å²) in [6.45, 7) is 0.00449. The molecule has 2 fully saturated rings. The van der Waals surface area contributed by atoms with E-state index in [1.807, 2.05) is 0 Å². The first kappa shape index (κ1) is 7.93. The molecule has 68 valence electrons. The third-order valence-corrected chi connectivity index (χ3v) is 2.12. The highest BCUT2D eigenvalue weighted by Gasteiger charge is 2.67. The fourth-order valence-corrected chi connectivity index (χ4v) is 1.31. The zero-order valence-electron chi connectivity index (χ0n) is 6.01. The summed E-state index contributed by atoms with van der Waals surface area (Å²) in [7, 11) is 0. The van der Waals surface area contributed by atoms with Crippen LogP contribution in [0.5, 0.6) is 0 Å². The third-order valence-electron chi connectivity index (χ3n) is 2.12. The van der Waals surface area contributed by atoms with Crippen molar-refractivity contribution in [2.24, 2.45) is 0 Å². The van der Waals surface area contributed by atoms with E-state index in [0.717, 1.165) is 0 Å². The van der Waals surface area contributed by atoms with Gasteiger partial charge >= 0.3 is 5.97 Å². The molecule has 6 heteroatoms. The molecule has 6 nitrogen and oxygen atoms in total. The van der Waals surface area contributed by atoms with Crippen LogP contribution in [0.25, 0.3) is 0 Å². The van der Waals surface area contributed by atoms with Crippen LogP contribution < -0.4 is 0 Å².